The highest BCUT2D eigenvalue weighted by Gasteiger charge is 2.25. The van der Waals surface area contributed by atoms with E-state index in [1.807, 2.05) is 4.90 Å². The first-order valence-electron chi connectivity index (χ1n) is 9.66. The molecule has 1 saturated carbocycles. The molecule has 1 amide bonds. The van der Waals surface area contributed by atoms with Crippen LogP contribution in [0.15, 0.2) is 18.2 Å². The van der Waals surface area contributed by atoms with Crippen molar-refractivity contribution in [2.24, 2.45) is 5.92 Å². The van der Waals surface area contributed by atoms with Crippen molar-refractivity contribution in [2.75, 3.05) is 44.4 Å². The number of morpholine rings is 1. The third-order valence-corrected chi connectivity index (χ3v) is 5.69. The molecule has 2 heterocycles. The predicted molar refractivity (Wildman–Crippen MR) is 97.0 cm³/mol. The molecular formula is C20H28N2O3. The lowest BCUT2D eigenvalue weighted by atomic mass is 10.0. The van der Waals surface area contributed by atoms with Crippen LogP contribution in [0.25, 0.3) is 0 Å². The van der Waals surface area contributed by atoms with Crippen molar-refractivity contribution in [3.05, 3.63) is 23.8 Å². The van der Waals surface area contributed by atoms with E-state index in [9.17, 15) is 4.79 Å². The predicted octanol–water partition coefficient (Wildman–Crippen LogP) is 2.82. The number of nitrogens with zero attached hydrogens (tertiary/aromatic N) is 2. The first-order chi connectivity index (χ1) is 12.3. The first-order valence-corrected chi connectivity index (χ1v) is 9.66. The summed E-state index contributed by atoms with van der Waals surface area (Å²) in [5, 5.41) is 0. The Morgan fingerprint density at radius 1 is 1.08 bits per heavy atom. The van der Waals surface area contributed by atoms with Gasteiger partial charge in [-0.2, -0.15) is 0 Å². The van der Waals surface area contributed by atoms with Crippen LogP contribution in [0.5, 0.6) is 5.75 Å². The molecule has 1 aromatic carbocycles. The molecule has 4 rings (SSSR count). The molecular weight excluding hydrogens is 316 g/mol. The molecule has 0 spiro atoms. The van der Waals surface area contributed by atoms with Crippen LogP contribution in [-0.4, -0.2) is 50.3 Å². The van der Waals surface area contributed by atoms with Gasteiger partial charge in [0.25, 0.3) is 0 Å². The third kappa shape index (κ3) is 3.92. The molecule has 0 atom stereocenters. The number of fused-ring (bicyclic) bond motifs is 1. The maximum absolute atomic E-state index is 12.7. The molecule has 136 valence electrons. The smallest absolute Gasteiger partial charge is 0.223 e. The van der Waals surface area contributed by atoms with Gasteiger partial charge in [0.1, 0.15) is 12.4 Å². The van der Waals surface area contributed by atoms with Gasteiger partial charge in [-0.15, -0.1) is 0 Å². The Balaban J connectivity index is 1.47. The summed E-state index contributed by atoms with van der Waals surface area (Å²) >= 11 is 0. The van der Waals surface area contributed by atoms with Crippen molar-refractivity contribution in [2.45, 2.75) is 38.6 Å². The number of benzene rings is 1. The van der Waals surface area contributed by atoms with Crippen LogP contribution in [-0.2, 0) is 16.1 Å². The largest absolute Gasteiger partial charge is 0.491 e. The molecule has 2 aliphatic heterocycles. The minimum atomic E-state index is 0.292. The molecule has 2 fully saturated rings. The average Bonchev–Trinajstić information content (AvgIpc) is 3.06. The highest BCUT2D eigenvalue weighted by Crippen LogP contribution is 2.31. The quantitative estimate of drug-likeness (QED) is 0.846. The van der Waals surface area contributed by atoms with Gasteiger partial charge in [0.15, 0.2) is 0 Å². The molecule has 1 aliphatic carbocycles. The number of carbonyl (C=O) groups is 1. The Labute approximate surface area is 149 Å². The Kier molecular flexibility index (Phi) is 5.11. The number of anilines is 1. The summed E-state index contributed by atoms with van der Waals surface area (Å²) in [5.74, 6) is 1.81. The number of hydrogen-bond acceptors (Lipinski definition) is 4. The Bertz CT molecular complexity index is 607. The maximum Gasteiger partial charge on any atom is 0.223 e. The Hall–Kier alpha value is -1.75. The lowest BCUT2D eigenvalue weighted by Gasteiger charge is -2.29. The standard InChI is InChI=1S/C20H28N2O3/c23-20(13-16-3-1-2-4-16)22-9-12-25-19-6-5-18(14-17(19)15-22)21-7-10-24-11-8-21/h5-6,14,16H,1-4,7-13,15H2. The summed E-state index contributed by atoms with van der Waals surface area (Å²) in [6, 6.07) is 6.38. The van der Waals surface area contributed by atoms with Crippen molar-refractivity contribution in [3.63, 3.8) is 0 Å². The molecule has 1 saturated heterocycles. The Morgan fingerprint density at radius 2 is 1.88 bits per heavy atom. The van der Waals surface area contributed by atoms with Gasteiger partial charge >= 0.3 is 0 Å². The minimum absolute atomic E-state index is 0.292. The van der Waals surface area contributed by atoms with Crippen molar-refractivity contribution in [1.82, 2.24) is 4.90 Å². The topological polar surface area (TPSA) is 42.0 Å². The summed E-state index contributed by atoms with van der Waals surface area (Å²) in [6.45, 7) is 5.33. The van der Waals surface area contributed by atoms with E-state index in [4.69, 9.17) is 9.47 Å². The van der Waals surface area contributed by atoms with Gasteiger partial charge in [0.2, 0.25) is 5.91 Å². The fourth-order valence-electron chi connectivity index (χ4n) is 4.20. The number of carbonyl (C=O) groups excluding carboxylic acids is 1. The number of ether oxygens (including phenoxy) is 2. The third-order valence-electron chi connectivity index (χ3n) is 5.69. The van der Waals surface area contributed by atoms with Crippen molar-refractivity contribution >= 4 is 11.6 Å². The van der Waals surface area contributed by atoms with Crippen LogP contribution >= 0.6 is 0 Å². The molecule has 0 radical (unpaired) electrons. The van der Waals surface area contributed by atoms with Gasteiger partial charge in [0.05, 0.1) is 19.8 Å². The average molecular weight is 344 g/mol. The Morgan fingerprint density at radius 3 is 2.68 bits per heavy atom. The van der Waals surface area contributed by atoms with Gasteiger partial charge in [-0.05, 0) is 37.0 Å². The van der Waals surface area contributed by atoms with Crippen LogP contribution in [0.4, 0.5) is 5.69 Å². The molecule has 0 aromatic heterocycles. The molecule has 3 aliphatic rings. The summed E-state index contributed by atoms with van der Waals surface area (Å²) in [5.41, 5.74) is 2.33. The lowest BCUT2D eigenvalue weighted by molar-refractivity contribution is -0.132. The van der Waals surface area contributed by atoms with Crippen LogP contribution in [0.2, 0.25) is 0 Å². The van der Waals surface area contributed by atoms with E-state index in [0.717, 1.165) is 37.6 Å². The van der Waals surface area contributed by atoms with E-state index in [1.54, 1.807) is 0 Å². The van der Waals surface area contributed by atoms with Gasteiger partial charge in [-0.1, -0.05) is 12.8 Å². The summed E-state index contributed by atoms with van der Waals surface area (Å²) in [4.78, 5) is 17.1. The van der Waals surface area contributed by atoms with Gasteiger partial charge in [-0.3, -0.25) is 4.79 Å². The second-order valence-electron chi connectivity index (χ2n) is 7.41. The van der Waals surface area contributed by atoms with Gasteiger partial charge in [-0.25, -0.2) is 0 Å². The van der Waals surface area contributed by atoms with Gasteiger partial charge < -0.3 is 19.3 Å². The second kappa shape index (κ2) is 7.65. The van der Waals surface area contributed by atoms with E-state index < -0.39 is 0 Å². The van der Waals surface area contributed by atoms with Crippen molar-refractivity contribution in [3.8, 4) is 5.75 Å². The lowest BCUT2D eigenvalue weighted by Crippen LogP contribution is -2.36. The van der Waals surface area contributed by atoms with Crippen LogP contribution in [0.1, 0.15) is 37.7 Å². The zero-order valence-electron chi connectivity index (χ0n) is 14.9. The van der Waals surface area contributed by atoms with Crippen molar-refractivity contribution in [1.29, 1.82) is 0 Å². The summed E-state index contributed by atoms with van der Waals surface area (Å²) in [6.07, 6.45) is 5.71. The molecule has 0 unspecified atom stereocenters. The molecule has 1 aromatic rings. The summed E-state index contributed by atoms with van der Waals surface area (Å²) < 4.78 is 11.4. The van der Waals surface area contributed by atoms with E-state index in [2.05, 4.69) is 23.1 Å². The molecule has 25 heavy (non-hydrogen) atoms. The first kappa shape index (κ1) is 16.7. The number of rotatable bonds is 3. The molecule has 5 heteroatoms. The van der Waals surface area contributed by atoms with Crippen LogP contribution in [0, 0.1) is 5.92 Å². The van der Waals surface area contributed by atoms with Crippen LogP contribution < -0.4 is 9.64 Å². The highest BCUT2D eigenvalue weighted by atomic mass is 16.5. The van der Waals surface area contributed by atoms with Gasteiger partial charge in [0, 0.05) is 37.3 Å². The number of amides is 1. The highest BCUT2D eigenvalue weighted by molar-refractivity contribution is 5.76. The maximum atomic E-state index is 12.7. The monoisotopic (exact) mass is 344 g/mol. The van der Waals surface area contributed by atoms with E-state index >= 15 is 0 Å². The fourth-order valence-corrected chi connectivity index (χ4v) is 4.20. The summed E-state index contributed by atoms with van der Waals surface area (Å²) in [7, 11) is 0. The normalized spacial score (nSPS) is 21.6. The zero-order valence-corrected chi connectivity index (χ0v) is 14.9. The zero-order chi connectivity index (χ0) is 17.1. The molecule has 0 N–H and O–H groups in total. The molecule has 5 nitrogen and oxygen atoms in total. The molecule has 0 bridgehead atoms. The second-order valence-corrected chi connectivity index (χ2v) is 7.41. The van der Waals surface area contributed by atoms with Crippen LogP contribution in [0.3, 0.4) is 0 Å². The SMILES string of the molecule is O=C(CC1CCCC1)N1CCOc2ccc(N3CCOCC3)cc2C1. The van der Waals surface area contributed by atoms with E-state index in [0.29, 0.717) is 37.9 Å². The van der Waals surface area contributed by atoms with E-state index in [-0.39, 0.29) is 0 Å². The fraction of sp³-hybridized carbons (Fsp3) is 0.650. The van der Waals surface area contributed by atoms with E-state index in [1.165, 1.54) is 31.4 Å². The van der Waals surface area contributed by atoms with Crippen molar-refractivity contribution < 1.29 is 14.3 Å². The minimum Gasteiger partial charge on any atom is -0.491 e. The number of hydrogen-bond donors (Lipinski definition) is 0.